The van der Waals surface area contributed by atoms with Crippen molar-refractivity contribution < 1.29 is 23.5 Å². The van der Waals surface area contributed by atoms with Crippen LogP contribution >= 0.6 is 0 Å². The summed E-state index contributed by atoms with van der Waals surface area (Å²) >= 11 is 0. The standard InChI is InChI=1S/C29H28N2O5/c1-20-11-13-23(17-24(20)30-28(32)26-10-7-15-35-26)29(33)31(2)18-22-12-14-25(27(16-22)34-3)36-19-21-8-5-4-6-9-21/h4-17H,18-19H2,1-3H3,(H,30,32). The normalized spacial score (nSPS) is 10.5. The summed E-state index contributed by atoms with van der Waals surface area (Å²) in [6.07, 6.45) is 1.44. The number of methoxy groups -OCH3 is 1. The molecular weight excluding hydrogens is 456 g/mol. The fourth-order valence-electron chi connectivity index (χ4n) is 3.71. The summed E-state index contributed by atoms with van der Waals surface area (Å²) in [6.45, 7) is 2.67. The van der Waals surface area contributed by atoms with Gasteiger partial charge in [-0.25, -0.2) is 0 Å². The van der Waals surface area contributed by atoms with Crippen molar-refractivity contribution in [1.29, 1.82) is 0 Å². The van der Waals surface area contributed by atoms with E-state index in [1.54, 1.807) is 49.4 Å². The lowest BCUT2D eigenvalue weighted by Crippen LogP contribution is -2.26. The molecule has 0 aliphatic heterocycles. The molecule has 0 saturated heterocycles. The molecule has 0 bridgehead atoms. The van der Waals surface area contributed by atoms with Crippen molar-refractivity contribution in [2.45, 2.75) is 20.1 Å². The average Bonchev–Trinajstić information content (AvgIpc) is 3.44. The Labute approximate surface area is 210 Å². The van der Waals surface area contributed by atoms with Crippen LogP contribution in [0, 0.1) is 6.92 Å². The maximum absolute atomic E-state index is 13.1. The molecule has 1 aromatic heterocycles. The molecule has 1 N–H and O–H groups in total. The summed E-state index contributed by atoms with van der Waals surface area (Å²) < 4.78 is 16.6. The number of ether oxygens (including phenoxy) is 2. The minimum Gasteiger partial charge on any atom is -0.493 e. The molecule has 0 fully saturated rings. The molecule has 0 aliphatic carbocycles. The highest BCUT2D eigenvalue weighted by atomic mass is 16.5. The molecule has 0 unspecified atom stereocenters. The van der Waals surface area contributed by atoms with E-state index in [9.17, 15) is 9.59 Å². The quantitative estimate of drug-likeness (QED) is 0.330. The van der Waals surface area contributed by atoms with Gasteiger partial charge in [-0.15, -0.1) is 0 Å². The van der Waals surface area contributed by atoms with Crippen molar-refractivity contribution in [2.24, 2.45) is 0 Å². The van der Waals surface area contributed by atoms with Crippen molar-refractivity contribution in [3.8, 4) is 11.5 Å². The summed E-state index contributed by atoms with van der Waals surface area (Å²) in [5.74, 6) is 0.889. The Kier molecular flexibility index (Phi) is 7.70. The third kappa shape index (κ3) is 5.93. The smallest absolute Gasteiger partial charge is 0.291 e. The third-order valence-electron chi connectivity index (χ3n) is 5.71. The highest BCUT2D eigenvalue weighted by molar-refractivity contribution is 6.03. The van der Waals surface area contributed by atoms with Gasteiger partial charge < -0.3 is 24.1 Å². The minimum atomic E-state index is -0.372. The van der Waals surface area contributed by atoms with Crippen LogP contribution in [0.2, 0.25) is 0 Å². The van der Waals surface area contributed by atoms with E-state index in [1.165, 1.54) is 6.26 Å². The molecule has 0 aliphatic rings. The maximum Gasteiger partial charge on any atom is 0.291 e. The molecular formula is C29H28N2O5. The summed E-state index contributed by atoms with van der Waals surface area (Å²) in [4.78, 5) is 27.1. The molecule has 7 nitrogen and oxygen atoms in total. The van der Waals surface area contributed by atoms with Crippen LogP contribution in [0.15, 0.2) is 89.5 Å². The van der Waals surface area contributed by atoms with E-state index >= 15 is 0 Å². The molecule has 1 heterocycles. The largest absolute Gasteiger partial charge is 0.493 e. The monoisotopic (exact) mass is 484 g/mol. The Morgan fingerprint density at radius 2 is 1.72 bits per heavy atom. The minimum absolute atomic E-state index is 0.174. The van der Waals surface area contributed by atoms with E-state index in [0.29, 0.717) is 35.9 Å². The molecule has 2 amide bonds. The lowest BCUT2D eigenvalue weighted by atomic mass is 10.1. The van der Waals surface area contributed by atoms with Crippen LogP contribution in [0.1, 0.15) is 37.6 Å². The number of benzene rings is 3. The zero-order chi connectivity index (χ0) is 25.5. The summed E-state index contributed by atoms with van der Waals surface area (Å²) in [7, 11) is 3.32. The molecule has 0 saturated carbocycles. The number of rotatable bonds is 9. The molecule has 0 radical (unpaired) electrons. The van der Waals surface area contributed by atoms with E-state index in [1.807, 2.05) is 55.5 Å². The lowest BCUT2D eigenvalue weighted by Gasteiger charge is -2.19. The Morgan fingerprint density at radius 3 is 2.44 bits per heavy atom. The third-order valence-corrected chi connectivity index (χ3v) is 5.71. The van der Waals surface area contributed by atoms with Crippen LogP contribution in [0.3, 0.4) is 0 Å². The van der Waals surface area contributed by atoms with Gasteiger partial charge in [-0.2, -0.15) is 0 Å². The van der Waals surface area contributed by atoms with Crippen LogP contribution in [-0.4, -0.2) is 30.9 Å². The SMILES string of the molecule is COc1cc(CN(C)C(=O)c2ccc(C)c(NC(=O)c3ccco3)c2)ccc1OCc1ccccc1. The first kappa shape index (κ1) is 24.6. The van der Waals surface area contributed by atoms with Gasteiger partial charge >= 0.3 is 0 Å². The maximum atomic E-state index is 13.1. The number of furan rings is 1. The molecule has 0 atom stereocenters. The van der Waals surface area contributed by atoms with Crippen molar-refractivity contribution in [1.82, 2.24) is 4.90 Å². The van der Waals surface area contributed by atoms with Crippen molar-refractivity contribution in [3.63, 3.8) is 0 Å². The molecule has 4 aromatic rings. The van der Waals surface area contributed by atoms with Crippen molar-refractivity contribution in [2.75, 3.05) is 19.5 Å². The second kappa shape index (κ2) is 11.3. The first-order chi connectivity index (χ1) is 17.4. The predicted molar refractivity (Wildman–Crippen MR) is 137 cm³/mol. The number of hydrogen-bond acceptors (Lipinski definition) is 5. The fourth-order valence-corrected chi connectivity index (χ4v) is 3.71. The summed E-state index contributed by atoms with van der Waals surface area (Å²) in [5, 5.41) is 2.81. The molecule has 3 aromatic carbocycles. The van der Waals surface area contributed by atoms with Crippen LogP contribution in [0.4, 0.5) is 5.69 Å². The van der Waals surface area contributed by atoms with Gasteiger partial charge in [0.1, 0.15) is 6.61 Å². The van der Waals surface area contributed by atoms with Gasteiger partial charge in [-0.05, 0) is 60.0 Å². The zero-order valence-electron chi connectivity index (χ0n) is 20.5. The second-order valence-electron chi connectivity index (χ2n) is 8.38. The average molecular weight is 485 g/mol. The van der Waals surface area contributed by atoms with Crippen LogP contribution < -0.4 is 14.8 Å². The van der Waals surface area contributed by atoms with Gasteiger partial charge in [0.05, 0.1) is 13.4 Å². The number of nitrogens with zero attached hydrogens (tertiary/aromatic N) is 1. The first-order valence-corrected chi connectivity index (χ1v) is 11.5. The van der Waals surface area contributed by atoms with E-state index in [2.05, 4.69) is 5.32 Å². The Morgan fingerprint density at radius 1 is 0.917 bits per heavy atom. The molecule has 36 heavy (non-hydrogen) atoms. The van der Waals surface area contributed by atoms with Gasteiger partial charge in [0, 0.05) is 24.8 Å². The number of amides is 2. The van der Waals surface area contributed by atoms with Crippen LogP contribution in [-0.2, 0) is 13.2 Å². The Balaban J connectivity index is 1.43. The predicted octanol–water partition coefficient (Wildman–Crippen LogP) is 5.70. The Bertz CT molecular complexity index is 1330. The van der Waals surface area contributed by atoms with Gasteiger partial charge in [-0.3, -0.25) is 9.59 Å². The molecule has 4 rings (SSSR count). The summed E-state index contributed by atoms with van der Waals surface area (Å²) in [5.41, 5.74) is 3.81. The van der Waals surface area contributed by atoms with E-state index in [-0.39, 0.29) is 17.6 Å². The number of aryl methyl sites for hydroxylation is 1. The van der Waals surface area contributed by atoms with E-state index in [4.69, 9.17) is 13.9 Å². The fraction of sp³-hybridized carbons (Fsp3) is 0.172. The number of nitrogens with one attached hydrogen (secondary N) is 1. The summed E-state index contributed by atoms with van der Waals surface area (Å²) in [6, 6.07) is 24.0. The van der Waals surface area contributed by atoms with E-state index < -0.39 is 0 Å². The van der Waals surface area contributed by atoms with Crippen molar-refractivity contribution in [3.05, 3.63) is 113 Å². The number of anilines is 1. The zero-order valence-corrected chi connectivity index (χ0v) is 20.5. The lowest BCUT2D eigenvalue weighted by molar-refractivity contribution is 0.0784. The van der Waals surface area contributed by atoms with E-state index in [0.717, 1.165) is 16.7 Å². The molecule has 184 valence electrons. The highest BCUT2D eigenvalue weighted by Gasteiger charge is 2.17. The first-order valence-electron chi connectivity index (χ1n) is 11.5. The number of carbonyl (C=O) groups excluding carboxylic acids is 2. The number of carbonyl (C=O) groups is 2. The van der Waals surface area contributed by atoms with Crippen LogP contribution in [0.5, 0.6) is 11.5 Å². The van der Waals surface area contributed by atoms with Crippen molar-refractivity contribution >= 4 is 17.5 Å². The molecule has 7 heteroatoms. The topological polar surface area (TPSA) is 81.0 Å². The van der Waals surface area contributed by atoms with Gasteiger partial charge in [0.15, 0.2) is 17.3 Å². The Hall–Kier alpha value is -4.52. The van der Waals surface area contributed by atoms with Crippen LogP contribution in [0.25, 0.3) is 0 Å². The second-order valence-corrected chi connectivity index (χ2v) is 8.38. The van der Waals surface area contributed by atoms with Gasteiger partial charge in [-0.1, -0.05) is 42.5 Å². The molecule has 0 spiro atoms. The van der Waals surface area contributed by atoms with Gasteiger partial charge in [0.2, 0.25) is 0 Å². The van der Waals surface area contributed by atoms with Gasteiger partial charge in [0.25, 0.3) is 11.8 Å². The number of hydrogen-bond donors (Lipinski definition) is 1. The highest BCUT2D eigenvalue weighted by Crippen LogP contribution is 2.29.